The van der Waals surface area contributed by atoms with Gasteiger partial charge in [0.2, 0.25) is 0 Å². The first kappa shape index (κ1) is 9.45. The molecule has 1 N–H and O–H groups in total. The first-order valence-electron chi connectivity index (χ1n) is 4.01. The predicted molar refractivity (Wildman–Crippen MR) is 55.7 cm³/mol. The van der Waals surface area contributed by atoms with Crippen molar-refractivity contribution in [3.8, 4) is 0 Å². The van der Waals surface area contributed by atoms with Gasteiger partial charge in [-0.05, 0) is 26.1 Å². The van der Waals surface area contributed by atoms with E-state index >= 15 is 0 Å². The lowest BCUT2D eigenvalue weighted by atomic mass is 10.1. The minimum Gasteiger partial charge on any atom is -0.278 e. The largest absolute Gasteiger partial charge is 0.278 e. The number of hydrogen-bond acceptors (Lipinski definition) is 2. The number of aryl methyl sites for hydroxylation is 1. The Labute approximate surface area is 77.9 Å². The molecule has 1 rings (SSSR count). The maximum atomic E-state index is 3.94. The van der Waals surface area contributed by atoms with Crippen molar-refractivity contribution in [1.82, 2.24) is 10.2 Å². The molecule has 1 heterocycles. The molecule has 0 fully saturated rings. The molecule has 0 aromatic carbocycles. The van der Waals surface area contributed by atoms with E-state index < -0.39 is 0 Å². The van der Waals surface area contributed by atoms with Gasteiger partial charge in [0.05, 0.1) is 11.9 Å². The molecule has 0 bridgehead atoms. The summed E-state index contributed by atoms with van der Waals surface area (Å²) in [6, 6.07) is 0. The van der Waals surface area contributed by atoms with E-state index in [2.05, 4.69) is 28.5 Å². The molecule has 0 aliphatic heterocycles. The summed E-state index contributed by atoms with van der Waals surface area (Å²) in [6.07, 6.45) is 3.53. The Morgan fingerprint density at radius 3 is 2.77 bits per heavy atom. The molecule has 0 amide bonds. The molecule has 0 unspecified atom stereocenters. The van der Waals surface area contributed by atoms with Crippen molar-refractivity contribution in [3.63, 3.8) is 0 Å². The second-order valence-electron chi connectivity index (χ2n) is 2.79. The van der Waals surface area contributed by atoms with Crippen molar-refractivity contribution in [2.45, 2.75) is 13.8 Å². The highest BCUT2D eigenvalue weighted by atomic mass is 15.1. The summed E-state index contributed by atoms with van der Waals surface area (Å²) in [5.74, 6) is 0. The molecule has 0 radical (unpaired) electrons. The average molecular weight is 175 g/mol. The second kappa shape index (κ2) is 3.85. The van der Waals surface area contributed by atoms with Crippen LogP contribution in [0.25, 0.3) is 5.57 Å². The summed E-state index contributed by atoms with van der Waals surface area (Å²) < 4.78 is 0. The monoisotopic (exact) mass is 175 g/mol. The number of aromatic amines is 1. The van der Waals surface area contributed by atoms with Gasteiger partial charge in [-0.1, -0.05) is 12.7 Å². The minimum absolute atomic E-state index is 0.849. The Kier molecular flexibility index (Phi) is 2.80. The van der Waals surface area contributed by atoms with Crippen molar-refractivity contribution in [2.75, 3.05) is 0 Å². The van der Waals surface area contributed by atoms with Crippen LogP contribution < -0.4 is 0 Å². The number of nitrogens with zero attached hydrogens (tertiary/aromatic N) is 2. The van der Waals surface area contributed by atoms with Gasteiger partial charge >= 0.3 is 0 Å². The summed E-state index contributed by atoms with van der Waals surface area (Å²) in [4.78, 5) is 3.87. The molecule has 0 atom stereocenters. The zero-order chi connectivity index (χ0) is 9.84. The summed E-state index contributed by atoms with van der Waals surface area (Å²) in [6.45, 7) is 11.1. The molecule has 3 nitrogen and oxygen atoms in total. The highest BCUT2D eigenvalue weighted by Gasteiger charge is 2.06. The first-order chi connectivity index (χ1) is 6.20. The molecule has 1 aromatic rings. The quantitative estimate of drug-likeness (QED) is 0.556. The zero-order valence-corrected chi connectivity index (χ0v) is 7.96. The highest BCUT2D eigenvalue weighted by Crippen LogP contribution is 2.20. The lowest BCUT2D eigenvalue weighted by molar-refractivity contribution is 1.07. The van der Waals surface area contributed by atoms with Crippen molar-refractivity contribution in [3.05, 3.63) is 35.8 Å². The average Bonchev–Trinajstić information content (AvgIpc) is 2.53. The fourth-order valence-electron chi connectivity index (χ4n) is 1.13. The van der Waals surface area contributed by atoms with Gasteiger partial charge in [0, 0.05) is 11.3 Å². The van der Waals surface area contributed by atoms with Crippen LogP contribution in [0.1, 0.15) is 18.2 Å². The highest BCUT2D eigenvalue weighted by molar-refractivity contribution is 5.75. The third-order valence-corrected chi connectivity index (χ3v) is 1.93. The van der Waals surface area contributed by atoms with Gasteiger partial charge in [0.25, 0.3) is 0 Å². The maximum absolute atomic E-state index is 3.94. The van der Waals surface area contributed by atoms with E-state index in [1.165, 1.54) is 0 Å². The topological polar surface area (TPSA) is 41.0 Å². The molecular weight excluding hydrogens is 162 g/mol. The molecule has 68 valence electrons. The number of H-pyrrole nitrogens is 1. The van der Waals surface area contributed by atoms with Crippen LogP contribution >= 0.6 is 0 Å². The lowest BCUT2D eigenvalue weighted by Crippen LogP contribution is -1.87. The predicted octanol–water partition coefficient (Wildman–Crippen LogP) is 2.34. The van der Waals surface area contributed by atoms with E-state index in [9.17, 15) is 0 Å². The Morgan fingerprint density at radius 2 is 2.38 bits per heavy atom. The van der Waals surface area contributed by atoms with Gasteiger partial charge in [0.15, 0.2) is 0 Å². The third-order valence-electron chi connectivity index (χ3n) is 1.93. The summed E-state index contributed by atoms with van der Waals surface area (Å²) >= 11 is 0. The van der Waals surface area contributed by atoms with Crippen LogP contribution in [0.5, 0.6) is 0 Å². The van der Waals surface area contributed by atoms with Crippen molar-refractivity contribution < 1.29 is 0 Å². The van der Waals surface area contributed by atoms with E-state index in [0.717, 1.165) is 22.5 Å². The van der Waals surface area contributed by atoms with E-state index in [0.29, 0.717) is 0 Å². The molecule has 13 heavy (non-hydrogen) atoms. The Hall–Kier alpha value is -1.64. The van der Waals surface area contributed by atoms with Crippen LogP contribution in [0.15, 0.2) is 29.5 Å². The third kappa shape index (κ3) is 1.75. The van der Waals surface area contributed by atoms with Crippen molar-refractivity contribution in [2.24, 2.45) is 4.99 Å². The van der Waals surface area contributed by atoms with Crippen molar-refractivity contribution in [1.29, 1.82) is 0 Å². The minimum atomic E-state index is 0.849. The van der Waals surface area contributed by atoms with E-state index in [-0.39, 0.29) is 0 Å². The molecule has 0 saturated carbocycles. The summed E-state index contributed by atoms with van der Waals surface area (Å²) in [7, 11) is 0. The van der Waals surface area contributed by atoms with Crippen LogP contribution in [0.3, 0.4) is 0 Å². The Bertz CT molecular complexity index is 358. The molecule has 1 aromatic heterocycles. The molecule has 0 aliphatic carbocycles. The van der Waals surface area contributed by atoms with Gasteiger partial charge in [-0.3, -0.25) is 10.1 Å². The number of nitrogens with one attached hydrogen (secondary N) is 1. The first-order valence-corrected chi connectivity index (χ1v) is 4.01. The van der Waals surface area contributed by atoms with Crippen molar-refractivity contribution >= 4 is 12.3 Å². The van der Waals surface area contributed by atoms with Crippen LogP contribution in [0.2, 0.25) is 0 Å². The van der Waals surface area contributed by atoms with Crippen LogP contribution in [-0.4, -0.2) is 16.9 Å². The van der Waals surface area contributed by atoms with E-state index in [1.807, 2.05) is 13.8 Å². The molecule has 3 heteroatoms. The number of aliphatic imine (C=N–C) groups is 1. The smallest absolute Gasteiger partial charge is 0.0697 e. The van der Waals surface area contributed by atoms with Gasteiger partial charge in [-0.25, -0.2) is 0 Å². The Balaban J connectivity index is 3.27. The molecule has 0 saturated heterocycles. The van der Waals surface area contributed by atoms with Gasteiger partial charge in [-0.2, -0.15) is 5.10 Å². The number of rotatable bonds is 3. The number of aromatic nitrogens is 2. The standard InChI is InChI=1S/C10H13N3/c1-5-9(8(3)11-4)10-7(2)6-12-13-10/h5-6H,1,4H2,2-3H3,(H,12,13)/b9-8-. The van der Waals surface area contributed by atoms with E-state index in [4.69, 9.17) is 0 Å². The zero-order valence-electron chi connectivity index (χ0n) is 7.96. The van der Waals surface area contributed by atoms with Crippen LogP contribution in [-0.2, 0) is 0 Å². The van der Waals surface area contributed by atoms with Gasteiger partial charge in [-0.15, -0.1) is 0 Å². The number of allylic oxidation sites excluding steroid dienone is 3. The number of hydrogen-bond donors (Lipinski definition) is 1. The van der Waals surface area contributed by atoms with Crippen LogP contribution in [0, 0.1) is 6.92 Å². The van der Waals surface area contributed by atoms with Crippen LogP contribution in [0.4, 0.5) is 0 Å². The fraction of sp³-hybridized carbons (Fsp3) is 0.200. The lowest BCUT2D eigenvalue weighted by Gasteiger charge is -2.02. The SMILES string of the molecule is C=C/C(=C(\C)N=C)c1[nH]ncc1C. The Morgan fingerprint density at radius 1 is 1.69 bits per heavy atom. The fourth-order valence-corrected chi connectivity index (χ4v) is 1.13. The molecule has 0 spiro atoms. The maximum Gasteiger partial charge on any atom is 0.0697 e. The molecule has 0 aliphatic rings. The summed E-state index contributed by atoms with van der Waals surface area (Å²) in [5.41, 5.74) is 3.84. The molecular formula is C10H13N3. The summed E-state index contributed by atoms with van der Waals surface area (Å²) in [5, 5.41) is 6.84. The van der Waals surface area contributed by atoms with Gasteiger partial charge in [0.1, 0.15) is 0 Å². The second-order valence-corrected chi connectivity index (χ2v) is 2.79. The normalized spacial score (nSPS) is 12.2. The van der Waals surface area contributed by atoms with Gasteiger partial charge < -0.3 is 0 Å². The van der Waals surface area contributed by atoms with E-state index in [1.54, 1.807) is 12.3 Å².